The van der Waals surface area contributed by atoms with E-state index in [9.17, 15) is 4.79 Å². The SMILES string of the molecule is CCc1nc(C(=O)N[C@H](C)c2ccccc2)n[nH]1. The van der Waals surface area contributed by atoms with E-state index in [0.29, 0.717) is 5.82 Å². The van der Waals surface area contributed by atoms with Crippen LogP contribution in [0, 0.1) is 0 Å². The van der Waals surface area contributed by atoms with Crippen LogP contribution in [0.1, 0.15) is 41.9 Å². The first-order chi connectivity index (χ1) is 8.70. The number of nitrogens with zero attached hydrogens (tertiary/aromatic N) is 2. The molecule has 5 nitrogen and oxygen atoms in total. The Kier molecular flexibility index (Phi) is 3.72. The molecule has 0 unspecified atom stereocenters. The van der Waals surface area contributed by atoms with Crippen LogP contribution in [0.2, 0.25) is 0 Å². The van der Waals surface area contributed by atoms with Crippen LogP contribution in [0.4, 0.5) is 0 Å². The lowest BCUT2D eigenvalue weighted by molar-refractivity contribution is 0.0929. The number of aromatic nitrogens is 3. The Morgan fingerprint density at radius 2 is 2.11 bits per heavy atom. The monoisotopic (exact) mass is 244 g/mol. The first kappa shape index (κ1) is 12.3. The number of benzene rings is 1. The summed E-state index contributed by atoms with van der Waals surface area (Å²) in [5.74, 6) is 0.643. The molecule has 0 fully saturated rings. The van der Waals surface area contributed by atoms with Crippen LogP contribution < -0.4 is 5.32 Å². The van der Waals surface area contributed by atoms with E-state index in [1.54, 1.807) is 0 Å². The highest BCUT2D eigenvalue weighted by Crippen LogP contribution is 2.11. The largest absolute Gasteiger partial charge is 0.343 e. The predicted molar refractivity (Wildman–Crippen MR) is 68.1 cm³/mol. The van der Waals surface area contributed by atoms with Gasteiger partial charge in [0.15, 0.2) is 0 Å². The fourth-order valence-electron chi connectivity index (χ4n) is 1.64. The van der Waals surface area contributed by atoms with Crippen LogP contribution >= 0.6 is 0 Å². The fourth-order valence-corrected chi connectivity index (χ4v) is 1.64. The Morgan fingerprint density at radius 3 is 2.72 bits per heavy atom. The molecule has 0 spiro atoms. The topological polar surface area (TPSA) is 70.7 Å². The van der Waals surface area contributed by atoms with E-state index >= 15 is 0 Å². The van der Waals surface area contributed by atoms with E-state index in [-0.39, 0.29) is 17.8 Å². The smallest absolute Gasteiger partial charge is 0.291 e. The standard InChI is InChI=1S/C13H16N4O/c1-3-11-15-12(17-16-11)13(18)14-9(2)10-7-5-4-6-8-10/h4-9H,3H2,1-2H3,(H,14,18)(H,15,16,17)/t9-/m1/s1. The van der Waals surface area contributed by atoms with Gasteiger partial charge in [-0.1, -0.05) is 37.3 Å². The minimum Gasteiger partial charge on any atom is -0.343 e. The summed E-state index contributed by atoms with van der Waals surface area (Å²) in [6.07, 6.45) is 0.731. The first-order valence-corrected chi connectivity index (χ1v) is 5.97. The zero-order chi connectivity index (χ0) is 13.0. The third-order valence-electron chi connectivity index (χ3n) is 2.72. The minimum absolute atomic E-state index is 0.0673. The second kappa shape index (κ2) is 5.44. The summed E-state index contributed by atoms with van der Waals surface area (Å²) in [6.45, 7) is 3.88. The van der Waals surface area contributed by atoms with Crippen LogP contribution in [0.5, 0.6) is 0 Å². The molecule has 1 aromatic heterocycles. The summed E-state index contributed by atoms with van der Waals surface area (Å²) < 4.78 is 0. The van der Waals surface area contributed by atoms with Crippen molar-refractivity contribution in [2.24, 2.45) is 0 Å². The van der Waals surface area contributed by atoms with Crippen molar-refractivity contribution >= 4 is 5.91 Å². The van der Waals surface area contributed by atoms with E-state index in [1.165, 1.54) is 0 Å². The normalized spacial score (nSPS) is 12.1. The van der Waals surface area contributed by atoms with Crippen LogP contribution in [-0.2, 0) is 6.42 Å². The third-order valence-corrected chi connectivity index (χ3v) is 2.72. The Bertz CT molecular complexity index is 521. The van der Waals surface area contributed by atoms with Gasteiger partial charge in [-0.25, -0.2) is 4.98 Å². The molecule has 1 heterocycles. The molecule has 0 bridgehead atoms. The molecule has 1 amide bonds. The highest BCUT2D eigenvalue weighted by Gasteiger charge is 2.15. The summed E-state index contributed by atoms with van der Waals surface area (Å²) in [4.78, 5) is 16.0. The van der Waals surface area contributed by atoms with Crippen LogP contribution in [-0.4, -0.2) is 21.1 Å². The minimum atomic E-state index is -0.262. The Labute approximate surface area is 106 Å². The number of aryl methyl sites for hydroxylation is 1. The molecular formula is C13H16N4O. The lowest BCUT2D eigenvalue weighted by Gasteiger charge is -2.12. The molecule has 0 aliphatic rings. The van der Waals surface area contributed by atoms with Crippen molar-refractivity contribution in [3.63, 3.8) is 0 Å². The van der Waals surface area contributed by atoms with Gasteiger partial charge in [0.25, 0.3) is 5.91 Å². The van der Waals surface area contributed by atoms with Crippen molar-refractivity contribution in [1.29, 1.82) is 0 Å². The van der Waals surface area contributed by atoms with Gasteiger partial charge in [0.05, 0.1) is 6.04 Å². The maximum atomic E-state index is 11.9. The molecule has 0 aliphatic carbocycles. The Morgan fingerprint density at radius 1 is 1.39 bits per heavy atom. The molecular weight excluding hydrogens is 228 g/mol. The van der Waals surface area contributed by atoms with Crippen molar-refractivity contribution < 1.29 is 4.79 Å². The first-order valence-electron chi connectivity index (χ1n) is 5.97. The highest BCUT2D eigenvalue weighted by molar-refractivity contribution is 5.90. The van der Waals surface area contributed by atoms with Crippen molar-refractivity contribution in [1.82, 2.24) is 20.5 Å². The van der Waals surface area contributed by atoms with Gasteiger partial charge >= 0.3 is 0 Å². The van der Waals surface area contributed by atoms with E-state index in [1.807, 2.05) is 44.2 Å². The predicted octanol–water partition coefficient (Wildman–Crippen LogP) is 1.86. The van der Waals surface area contributed by atoms with Gasteiger partial charge in [-0.2, -0.15) is 0 Å². The average molecular weight is 244 g/mol. The second-order valence-electron chi connectivity index (χ2n) is 4.07. The van der Waals surface area contributed by atoms with E-state index in [0.717, 1.165) is 12.0 Å². The van der Waals surface area contributed by atoms with Gasteiger partial charge in [-0.15, -0.1) is 5.10 Å². The number of aromatic amines is 1. The molecule has 18 heavy (non-hydrogen) atoms. The summed E-state index contributed by atoms with van der Waals surface area (Å²) in [7, 11) is 0. The molecule has 1 aromatic carbocycles. The zero-order valence-corrected chi connectivity index (χ0v) is 10.5. The molecule has 2 aromatic rings. The molecule has 0 aliphatic heterocycles. The summed E-state index contributed by atoms with van der Waals surface area (Å²) in [6, 6.07) is 9.71. The molecule has 5 heteroatoms. The average Bonchev–Trinajstić information content (AvgIpc) is 2.88. The number of hydrogen-bond acceptors (Lipinski definition) is 3. The molecule has 2 N–H and O–H groups in total. The zero-order valence-electron chi connectivity index (χ0n) is 10.5. The van der Waals surface area contributed by atoms with Gasteiger partial charge < -0.3 is 5.32 Å². The van der Waals surface area contributed by atoms with E-state index < -0.39 is 0 Å². The number of H-pyrrole nitrogens is 1. The number of carbonyl (C=O) groups excluding carboxylic acids is 1. The molecule has 1 atom stereocenters. The van der Waals surface area contributed by atoms with Crippen molar-refractivity contribution in [3.8, 4) is 0 Å². The maximum absolute atomic E-state index is 11.9. The lowest BCUT2D eigenvalue weighted by atomic mass is 10.1. The number of rotatable bonds is 4. The summed E-state index contributed by atoms with van der Waals surface area (Å²) >= 11 is 0. The van der Waals surface area contributed by atoms with E-state index in [4.69, 9.17) is 0 Å². The molecule has 0 radical (unpaired) electrons. The number of carbonyl (C=O) groups is 1. The Hall–Kier alpha value is -2.17. The summed E-state index contributed by atoms with van der Waals surface area (Å²) in [5, 5.41) is 9.48. The maximum Gasteiger partial charge on any atom is 0.291 e. The Balaban J connectivity index is 2.03. The highest BCUT2D eigenvalue weighted by atomic mass is 16.2. The molecule has 94 valence electrons. The van der Waals surface area contributed by atoms with Gasteiger partial charge in [0, 0.05) is 6.42 Å². The van der Waals surface area contributed by atoms with Gasteiger partial charge in [0.1, 0.15) is 5.82 Å². The van der Waals surface area contributed by atoms with Crippen molar-refractivity contribution in [2.45, 2.75) is 26.3 Å². The molecule has 0 saturated carbocycles. The van der Waals surface area contributed by atoms with Crippen molar-refractivity contribution in [2.75, 3.05) is 0 Å². The van der Waals surface area contributed by atoms with Gasteiger partial charge in [-0.05, 0) is 12.5 Å². The second-order valence-corrected chi connectivity index (χ2v) is 4.07. The van der Waals surface area contributed by atoms with E-state index in [2.05, 4.69) is 20.5 Å². The lowest BCUT2D eigenvalue weighted by Crippen LogP contribution is -2.27. The van der Waals surface area contributed by atoms with Crippen molar-refractivity contribution in [3.05, 3.63) is 47.5 Å². The number of amides is 1. The molecule has 2 rings (SSSR count). The summed E-state index contributed by atoms with van der Waals surface area (Å²) in [5.41, 5.74) is 1.05. The van der Waals surface area contributed by atoms with Crippen LogP contribution in [0.15, 0.2) is 30.3 Å². The van der Waals surface area contributed by atoms with Crippen LogP contribution in [0.3, 0.4) is 0 Å². The quantitative estimate of drug-likeness (QED) is 0.862. The number of hydrogen-bond donors (Lipinski definition) is 2. The molecule has 0 saturated heterocycles. The fraction of sp³-hybridized carbons (Fsp3) is 0.308. The third kappa shape index (κ3) is 2.74. The van der Waals surface area contributed by atoms with Gasteiger partial charge in [0.2, 0.25) is 5.82 Å². The van der Waals surface area contributed by atoms with Gasteiger partial charge in [-0.3, -0.25) is 9.89 Å². The number of nitrogens with one attached hydrogen (secondary N) is 2. The van der Waals surface area contributed by atoms with Crippen LogP contribution in [0.25, 0.3) is 0 Å².